The lowest BCUT2D eigenvalue weighted by Gasteiger charge is -2.56. The van der Waals surface area contributed by atoms with Gasteiger partial charge in [0.1, 0.15) is 0 Å². The number of aromatic nitrogens is 4. The second kappa shape index (κ2) is 9.12. The van der Waals surface area contributed by atoms with Gasteiger partial charge in [-0.1, -0.05) is 48.0 Å². The molecule has 7 heteroatoms. The zero-order chi connectivity index (χ0) is 25.9. The number of halogens is 1. The molecule has 4 fully saturated rings. The number of anilines is 1. The molecule has 8 rings (SSSR count). The minimum absolute atomic E-state index is 0.000783. The van der Waals surface area contributed by atoms with Crippen molar-refractivity contribution >= 4 is 23.3 Å². The molecular formula is C31H32ClN5O. The van der Waals surface area contributed by atoms with Crippen LogP contribution in [0.5, 0.6) is 0 Å². The highest BCUT2D eigenvalue weighted by Crippen LogP contribution is 2.61. The first-order valence-electron chi connectivity index (χ1n) is 13.7. The third-order valence-corrected chi connectivity index (χ3v) is 9.39. The quantitative estimate of drug-likeness (QED) is 0.301. The minimum atomic E-state index is -0.139. The van der Waals surface area contributed by atoms with Crippen LogP contribution in [0.4, 0.5) is 5.82 Å². The highest BCUT2D eigenvalue weighted by atomic mass is 35.5. The van der Waals surface area contributed by atoms with Crippen LogP contribution in [-0.4, -0.2) is 25.5 Å². The Balaban J connectivity index is 1.22. The van der Waals surface area contributed by atoms with Crippen LogP contribution in [0.2, 0.25) is 5.02 Å². The molecule has 2 heterocycles. The third kappa shape index (κ3) is 4.15. The molecule has 0 atom stereocenters. The van der Waals surface area contributed by atoms with Crippen LogP contribution < -0.4 is 5.32 Å². The van der Waals surface area contributed by atoms with E-state index in [0.29, 0.717) is 22.9 Å². The second-order valence-corrected chi connectivity index (χ2v) is 12.2. The summed E-state index contributed by atoms with van der Waals surface area (Å²) in [6.07, 6.45) is 9.42. The lowest BCUT2D eigenvalue weighted by molar-refractivity contribution is -0.00765. The monoisotopic (exact) mass is 525 g/mol. The van der Waals surface area contributed by atoms with Crippen molar-refractivity contribution in [1.82, 2.24) is 19.6 Å². The predicted octanol–water partition coefficient (Wildman–Crippen LogP) is 6.80. The molecule has 4 aliphatic carbocycles. The number of rotatable bonds is 6. The van der Waals surface area contributed by atoms with Crippen LogP contribution in [0.25, 0.3) is 5.69 Å². The minimum Gasteiger partial charge on any atom is -0.305 e. The first-order chi connectivity index (χ1) is 18.5. The molecule has 4 bridgehead atoms. The van der Waals surface area contributed by atoms with Crippen LogP contribution in [0.15, 0.2) is 66.9 Å². The van der Waals surface area contributed by atoms with Crippen LogP contribution in [0.1, 0.15) is 65.8 Å². The van der Waals surface area contributed by atoms with Crippen LogP contribution in [0, 0.1) is 24.7 Å². The van der Waals surface area contributed by atoms with E-state index < -0.39 is 0 Å². The van der Waals surface area contributed by atoms with Crippen molar-refractivity contribution in [2.75, 3.05) is 5.32 Å². The molecule has 4 aromatic rings. The van der Waals surface area contributed by atoms with E-state index >= 15 is 0 Å². The number of benzene rings is 2. The van der Waals surface area contributed by atoms with E-state index in [1.54, 1.807) is 0 Å². The molecule has 4 saturated carbocycles. The molecule has 0 saturated heterocycles. The zero-order valence-electron chi connectivity index (χ0n) is 21.6. The van der Waals surface area contributed by atoms with E-state index in [9.17, 15) is 4.79 Å². The van der Waals surface area contributed by atoms with Gasteiger partial charge < -0.3 is 5.32 Å². The first kappa shape index (κ1) is 23.7. The predicted molar refractivity (Wildman–Crippen MR) is 149 cm³/mol. The molecule has 6 nitrogen and oxygen atoms in total. The van der Waals surface area contributed by atoms with Gasteiger partial charge in [0.05, 0.1) is 23.5 Å². The lowest BCUT2D eigenvalue weighted by Crippen LogP contribution is -2.49. The Morgan fingerprint density at radius 1 is 0.974 bits per heavy atom. The van der Waals surface area contributed by atoms with Gasteiger partial charge in [-0.15, -0.1) is 0 Å². The fourth-order valence-electron chi connectivity index (χ4n) is 7.75. The molecule has 4 aliphatic rings. The Morgan fingerprint density at radius 3 is 2.32 bits per heavy atom. The van der Waals surface area contributed by atoms with Crippen molar-refractivity contribution < 1.29 is 4.79 Å². The summed E-state index contributed by atoms with van der Waals surface area (Å²) in [4.78, 5) is 13.9. The summed E-state index contributed by atoms with van der Waals surface area (Å²) in [6, 6.07) is 19.8. The maximum atomic E-state index is 13.9. The summed E-state index contributed by atoms with van der Waals surface area (Å²) >= 11 is 6.38. The van der Waals surface area contributed by atoms with Crippen LogP contribution in [0.3, 0.4) is 0 Å². The summed E-state index contributed by atoms with van der Waals surface area (Å²) < 4.78 is 3.77. The Labute approximate surface area is 228 Å². The summed E-state index contributed by atoms with van der Waals surface area (Å²) in [7, 11) is 0. The first-order valence-corrected chi connectivity index (χ1v) is 14.1. The summed E-state index contributed by atoms with van der Waals surface area (Å²) in [5.74, 6) is 2.70. The van der Waals surface area contributed by atoms with Crippen molar-refractivity contribution in [3.05, 3.63) is 94.4 Å². The largest absolute Gasteiger partial charge is 0.305 e. The maximum Gasteiger partial charge on any atom is 0.260 e. The third-order valence-electron chi connectivity index (χ3n) is 9.02. The Bertz CT molecular complexity index is 1470. The molecular weight excluding hydrogens is 494 g/mol. The number of hydrogen-bond donors (Lipinski definition) is 1. The Kier molecular flexibility index (Phi) is 5.69. The summed E-state index contributed by atoms with van der Waals surface area (Å²) in [5, 5.41) is 13.6. The zero-order valence-corrected chi connectivity index (χ0v) is 22.4. The van der Waals surface area contributed by atoms with E-state index in [4.69, 9.17) is 21.8 Å². The summed E-state index contributed by atoms with van der Waals surface area (Å²) in [6.45, 7) is 2.54. The number of carbonyl (C=O) groups is 1. The van der Waals surface area contributed by atoms with Gasteiger partial charge in [-0.25, -0.2) is 4.68 Å². The van der Waals surface area contributed by atoms with Gasteiger partial charge in [-0.3, -0.25) is 9.48 Å². The molecule has 38 heavy (non-hydrogen) atoms. The molecule has 194 valence electrons. The Hall–Kier alpha value is -3.38. The highest BCUT2D eigenvalue weighted by molar-refractivity contribution is 6.31. The second-order valence-electron chi connectivity index (χ2n) is 11.7. The highest BCUT2D eigenvalue weighted by Gasteiger charge is 2.54. The van der Waals surface area contributed by atoms with Gasteiger partial charge in [-0.2, -0.15) is 10.2 Å². The molecule has 0 spiro atoms. The number of hydrogen-bond acceptors (Lipinski definition) is 3. The molecule has 0 aliphatic heterocycles. The number of nitrogens with zero attached hydrogens (tertiary/aromatic N) is 4. The molecule has 0 radical (unpaired) electrons. The number of amides is 1. The van der Waals surface area contributed by atoms with Gasteiger partial charge >= 0.3 is 0 Å². The van der Waals surface area contributed by atoms with E-state index in [1.807, 2.05) is 83.1 Å². The van der Waals surface area contributed by atoms with Crippen molar-refractivity contribution in [3.63, 3.8) is 0 Å². The van der Waals surface area contributed by atoms with E-state index in [0.717, 1.165) is 59.7 Å². The average Bonchev–Trinajstić information content (AvgIpc) is 3.50. The topological polar surface area (TPSA) is 64.7 Å². The van der Waals surface area contributed by atoms with E-state index in [2.05, 4.69) is 5.32 Å². The van der Waals surface area contributed by atoms with E-state index in [1.165, 1.54) is 19.3 Å². The van der Waals surface area contributed by atoms with Crippen molar-refractivity contribution in [2.24, 2.45) is 17.8 Å². The standard InChI is InChI=1S/C31H32ClN5O/c1-20-11-28(34-36(20)18-24-7-5-6-10-27(24)32)33-30(38)26-19-37(25-8-3-2-4-9-25)35-29(26)31-15-21-12-22(16-31)14-23(13-21)17-31/h2-11,19,21-23H,12-18H2,1H3,(H,33,34,38). The Morgan fingerprint density at radius 2 is 1.63 bits per heavy atom. The molecule has 2 aromatic carbocycles. The average molecular weight is 526 g/mol. The SMILES string of the molecule is Cc1cc(NC(=O)c2cn(-c3ccccc3)nc2C23CC4CC(CC(C4)C2)C3)nn1Cc1ccccc1Cl. The lowest BCUT2D eigenvalue weighted by atomic mass is 9.48. The van der Waals surface area contributed by atoms with Crippen LogP contribution in [-0.2, 0) is 12.0 Å². The van der Waals surface area contributed by atoms with Gasteiger partial charge in [-0.05, 0) is 87.0 Å². The molecule has 2 aromatic heterocycles. The fraction of sp³-hybridized carbons (Fsp3) is 0.387. The smallest absolute Gasteiger partial charge is 0.260 e. The molecule has 1 N–H and O–H groups in total. The van der Waals surface area contributed by atoms with E-state index in [-0.39, 0.29) is 11.3 Å². The fourth-order valence-corrected chi connectivity index (χ4v) is 7.94. The van der Waals surface area contributed by atoms with Crippen LogP contribution >= 0.6 is 11.6 Å². The normalized spacial score (nSPS) is 25.6. The summed E-state index contributed by atoms with van der Waals surface area (Å²) in [5.41, 5.74) is 4.57. The number of aryl methyl sites for hydroxylation is 1. The van der Waals surface area contributed by atoms with Crippen molar-refractivity contribution in [3.8, 4) is 5.69 Å². The van der Waals surface area contributed by atoms with Gasteiger partial charge in [0, 0.05) is 28.4 Å². The van der Waals surface area contributed by atoms with Gasteiger partial charge in [0.15, 0.2) is 5.82 Å². The van der Waals surface area contributed by atoms with Gasteiger partial charge in [0.2, 0.25) is 0 Å². The molecule has 1 amide bonds. The van der Waals surface area contributed by atoms with Crippen molar-refractivity contribution in [2.45, 2.75) is 57.4 Å². The number of carbonyl (C=O) groups excluding carboxylic acids is 1. The maximum absolute atomic E-state index is 13.9. The number of para-hydroxylation sites is 1. The van der Waals surface area contributed by atoms with Gasteiger partial charge in [0.25, 0.3) is 5.91 Å². The number of nitrogens with one attached hydrogen (secondary N) is 1. The van der Waals surface area contributed by atoms with Crippen molar-refractivity contribution in [1.29, 1.82) is 0 Å². The molecule has 0 unspecified atom stereocenters.